The zero-order chi connectivity index (χ0) is 14.9. The maximum Gasteiger partial charge on any atom is 0.245 e. The number of rotatable bonds is 2. The van der Waals surface area contributed by atoms with Gasteiger partial charge in [-0.3, -0.25) is 14.4 Å². The van der Waals surface area contributed by atoms with Crippen LogP contribution >= 0.6 is 0 Å². The van der Waals surface area contributed by atoms with Crippen molar-refractivity contribution in [1.29, 1.82) is 0 Å². The summed E-state index contributed by atoms with van der Waals surface area (Å²) >= 11 is 0. The average molecular weight is 281 g/mol. The molecule has 0 radical (unpaired) electrons. The molecule has 2 aliphatic heterocycles. The maximum atomic E-state index is 12.3. The highest BCUT2D eigenvalue weighted by atomic mass is 16.2. The Morgan fingerprint density at radius 3 is 2.55 bits per heavy atom. The summed E-state index contributed by atoms with van der Waals surface area (Å²) in [5.41, 5.74) is 0. The first-order valence-corrected chi connectivity index (χ1v) is 7.31. The SMILES string of the molecule is CC(C)C[C@@H]1NC(=O)[C@@H]2CCCN2C(=O)[C@@H](C)NC1=O. The molecule has 3 amide bonds. The van der Waals surface area contributed by atoms with Crippen molar-refractivity contribution in [3.63, 3.8) is 0 Å². The maximum absolute atomic E-state index is 12.3. The second kappa shape index (κ2) is 5.81. The van der Waals surface area contributed by atoms with Crippen LogP contribution in [0, 0.1) is 5.92 Å². The van der Waals surface area contributed by atoms with E-state index in [0.29, 0.717) is 19.4 Å². The van der Waals surface area contributed by atoms with Crippen molar-refractivity contribution in [2.45, 2.75) is 58.2 Å². The number of carbonyl (C=O) groups is 3. The molecule has 2 rings (SSSR count). The van der Waals surface area contributed by atoms with Gasteiger partial charge < -0.3 is 15.5 Å². The Bertz CT molecular complexity index is 422. The summed E-state index contributed by atoms with van der Waals surface area (Å²) in [5.74, 6) is -0.349. The summed E-state index contributed by atoms with van der Waals surface area (Å²) in [4.78, 5) is 38.4. The van der Waals surface area contributed by atoms with E-state index in [1.54, 1.807) is 11.8 Å². The van der Waals surface area contributed by atoms with Crippen LogP contribution in [-0.4, -0.2) is 47.3 Å². The molecule has 112 valence electrons. The van der Waals surface area contributed by atoms with E-state index in [9.17, 15) is 14.4 Å². The first kappa shape index (κ1) is 14.8. The fourth-order valence-corrected chi connectivity index (χ4v) is 2.90. The molecule has 0 aliphatic carbocycles. The summed E-state index contributed by atoms with van der Waals surface area (Å²) in [6, 6.07) is -1.56. The van der Waals surface area contributed by atoms with Crippen LogP contribution in [-0.2, 0) is 14.4 Å². The Morgan fingerprint density at radius 1 is 1.20 bits per heavy atom. The zero-order valence-electron chi connectivity index (χ0n) is 12.3. The van der Waals surface area contributed by atoms with Crippen LogP contribution in [0.2, 0.25) is 0 Å². The number of nitrogens with one attached hydrogen (secondary N) is 2. The molecular weight excluding hydrogens is 258 g/mol. The van der Waals surface area contributed by atoms with Gasteiger partial charge in [0.25, 0.3) is 0 Å². The molecule has 0 aromatic heterocycles. The molecule has 0 aromatic carbocycles. The largest absolute Gasteiger partial charge is 0.343 e. The number of nitrogens with zero attached hydrogens (tertiary/aromatic N) is 1. The molecule has 2 fully saturated rings. The van der Waals surface area contributed by atoms with Crippen LogP contribution in [0.4, 0.5) is 0 Å². The highest BCUT2D eigenvalue weighted by molar-refractivity contribution is 5.97. The van der Waals surface area contributed by atoms with Crippen molar-refractivity contribution < 1.29 is 14.4 Å². The van der Waals surface area contributed by atoms with E-state index in [1.165, 1.54) is 0 Å². The molecule has 2 heterocycles. The fourth-order valence-electron chi connectivity index (χ4n) is 2.90. The minimum Gasteiger partial charge on any atom is -0.343 e. The summed E-state index contributed by atoms with van der Waals surface area (Å²) in [6.45, 7) is 6.27. The summed E-state index contributed by atoms with van der Waals surface area (Å²) in [7, 11) is 0. The van der Waals surface area contributed by atoms with Crippen LogP contribution in [0.15, 0.2) is 0 Å². The lowest BCUT2D eigenvalue weighted by Gasteiger charge is -2.25. The number of amides is 3. The minimum absolute atomic E-state index is 0.166. The van der Waals surface area contributed by atoms with Crippen molar-refractivity contribution in [2.75, 3.05) is 6.54 Å². The van der Waals surface area contributed by atoms with Gasteiger partial charge in [0.15, 0.2) is 0 Å². The zero-order valence-corrected chi connectivity index (χ0v) is 12.3. The van der Waals surface area contributed by atoms with Gasteiger partial charge in [0.1, 0.15) is 18.1 Å². The Morgan fingerprint density at radius 2 is 1.90 bits per heavy atom. The highest BCUT2D eigenvalue weighted by Crippen LogP contribution is 2.20. The van der Waals surface area contributed by atoms with E-state index in [-0.39, 0.29) is 23.6 Å². The molecule has 0 bridgehead atoms. The standard InChI is InChI=1S/C14H23N3O3/c1-8(2)7-10-12(18)15-9(3)14(20)17-6-4-5-11(17)13(19)16-10/h8-11H,4-7H2,1-3H3,(H,15,18)(H,16,19)/t9-,10+,11+/m1/s1. The van der Waals surface area contributed by atoms with Gasteiger partial charge in [0.2, 0.25) is 17.7 Å². The molecule has 2 aliphatic rings. The van der Waals surface area contributed by atoms with Gasteiger partial charge in [-0.05, 0) is 32.1 Å². The molecular formula is C14H23N3O3. The Labute approximate surface area is 119 Å². The first-order valence-electron chi connectivity index (χ1n) is 7.31. The van der Waals surface area contributed by atoms with Gasteiger partial charge in [-0.15, -0.1) is 0 Å². The molecule has 0 aromatic rings. The molecule has 3 atom stereocenters. The summed E-state index contributed by atoms with van der Waals surface area (Å²) < 4.78 is 0. The smallest absolute Gasteiger partial charge is 0.245 e. The first-order chi connectivity index (χ1) is 9.40. The molecule has 0 saturated carbocycles. The molecule has 0 spiro atoms. The van der Waals surface area contributed by atoms with Crippen molar-refractivity contribution in [3.8, 4) is 0 Å². The van der Waals surface area contributed by atoms with E-state index >= 15 is 0 Å². The van der Waals surface area contributed by atoms with Crippen LogP contribution in [0.1, 0.15) is 40.0 Å². The molecule has 6 nitrogen and oxygen atoms in total. The van der Waals surface area contributed by atoms with Crippen molar-refractivity contribution in [1.82, 2.24) is 15.5 Å². The van der Waals surface area contributed by atoms with E-state index in [1.807, 2.05) is 13.8 Å². The normalized spacial score (nSPS) is 31.3. The number of carbonyl (C=O) groups excluding carboxylic acids is 3. The molecule has 20 heavy (non-hydrogen) atoms. The third-order valence-electron chi connectivity index (χ3n) is 3.91. The lowest BCUT2D eigenvalue weighted by Crippen LogP contribution is -2.50. The van der Waals surface area contributed by atoms with Crippen molar-refractivity contribution in [3.05, 3.63) is 0 Å². The highest BCUT2D eigenvalue weighted by Gasteiger charge is 2.39. The Balaban J connectivity index is 2.24. The average Bonchev–Trinajstić information content (AvgIpc) is 2.84. The van der Waals surface area contributed by atoms with Crippen LogP contribution < -0.4 is 10.6 Å². The predicted molar refractivity (Wildman–Crippen MR) is 73.7 cm³/mol. The van der Waals surface area contributed by atoms with Gasteiger partial charge in [0.05, 0.1) is 0 Å². The topological polar surface area (TPSA) is 78.5 Å². The van der Waals surface area contributed by atoms with Gasteiger partial charge in [-0.2, -0.15) is 0 Å². The van der Waals surface area contributed by atoms with Crippen molar-refractivity contribution in [2.24, 2.45) is 5.92 Å². The monoisotopic (exact) mass is 281 g/mol. The molecule has 0 unspecified atom stereocenters. The lowest BCUT2D eigenvalue weighted by atomic mass is 10.0. The van der Waals surface area contributed by atoms with Crippen molar-refractivity contribution >= 4 is 17.7 Å². The Hall–Kier alpha value is -1.59. The van der Waals surface area contributed by atoms with E-state index in [4.69, 9.17) is 0 Å². The predicted octanol–water partition coefficient (Wildman–Crippen LogP) is 0.0266. The van der Waals surface area contributed by atoms with Crippen LogP contribution in [0.25, 0.3) is 0 Å². The van der Waals surface area contributed by atoms with Gasteiger partial charge in [-0.25, -0.2) is 0 Å². The lowest BCUT2D eigenvalue weighted by molar-refractivity contribution is -0.139. The second-order valence-electron chi connectivity index (χ2n) is 6.11. The van der Waals surface area contributed by atoms with E-state index in [2.05, 4.69) is 10.6 Å². The van der Waals surface area contributed by atoms with Gasteiger partial charge in [-0.1, -0.05) is 13.8 Å². The third-order valence-corrected chi connectivity index (χ3v) is 3.91. The van der Waals surface area contributed by atoms with Crippen LogP contribution in [0.3, 0.4) is 0 Å². The van der Waals surface area contributed by atoms with E-state index < -0.39 is 18.1 Å². The van der Waals surface area contributed by atoms with Crippen LogP contribution in [0.5, 0.6) is 0 Å². The molecule has 2 saturated heterocycles. The third kappa shape index (κ3) is 2.94. The van der Waals surface area contributed by atoms with Gasteiger partial charge in [0, 0.05) is 6.54 Å². The summed E-state index contributed by atoms with van der Waals surface area (Å²) in [6.07, 6.45) is 2.08. The fraction of sp³-hybridized carbons (Fsp3) is 0.786. The van der Waals surface area contributed by atoms with E-state index in [0.717, 1.165) is 6.42 Å². The molecule has 2 N–H and O–H groups in total. The summed E-state index contributed by atoms with van der Waals surface area (Å²) in [5, 5.41) is 5.52. The number of fused-ring (bicyclic) bond motifs is 1. The molecule has 6 heteroatoms. The number of hydrogen-bond donors (Lipinski definition) is 2. The minimum atomic E-state index is -0.578. The Kier molecular flexibility index (Phi) is 4.30. The quantitative estimate of drug-likeness (QED) is 0.749. The second-order valence-corrected chi connectivity index (χ2v) is 6.11. The van der Waals surface area contributed by atoms with Gasteiger partial charge >= 0.3 is 0 Å². The number of hydrogen-bond acceptors (Lipinski definition) is 3.